The van der Waals surface area contributed by atoms with Crippen LogP contribution in [0.1, 0.15) is 20.7 Å². The van der Waals surface area contributed by atoms with Crippen LogP contribution in [0.2, 0.25) is 10.0 Å². The molecule has 256 valence electrons. The molecule has 4 heterocycles. The second kappa shape index (κ2) is 16.2. The fraction of sp³-hybridized carbons (Fsp3) is 0.125. The van der Waals surface area contributed by atoms with Crippen LogP contribution in [0.15, 0.2) is 85.7 Å². The molecule has 0 unspecified atom stereocenters. The molecule has 0 fully saturated rings. The molecule has 0 saturated carbocycles. The Bertz CT molecular complexity index is 2040. The van der Waals surface area contributed by atoms with Gasteiger partial charge < -0.3 is 29.6 Å². The minimum absolute atomic E-state index is 0.285. The average molecular weight is 722 g/mol. The van der Waals surface area contributed by atoms with Crippen molar-refractivity contribution in [3.63, 3.8) is 0 Å². The Hall–Kier alpha value is -6.26. The lowest BCUT2D eigenvalue weighted by Crippen LogP contribution is -2.16. The standard InChI is InChI=1S/2C16H13ClN4O4/c2*1-24-14(22)9-25-13-4-3-10(17)7-12(13)20-16(23)11-8-19-21-6-2-5-18-15(11)21/h2*2-8H,9H2,1H3,(H,20,23). The fourth-order valence-electron chi connectivity index (χ4n) is 4.20. The van der Waals surface area contributed by atoms with E-state index in [9.17, 15) is 19.2 Å². The number of carbonyl (C=O) groups excluding carboxylic acids is 4. The van der Waals surface area contributed by atoms with Crippen molar-refractivity contribution in [2.24, 2.45) is 0 Å². The number of nitrogens with zero attached hydrogens (tertiary/aromatic N) is 6. The Morgan fingerprint density at radius 2 is 1.10 bits per heavy atom. The molecular weight excluding hydrogens is 695 g/mol. The number of hydrogen-bond donors (Lipinski definition) is 2. The molecule has 6 aromatic rings. The highest BCUT2D eigenvalue weighted by Gasteiger charge is 2.18. The predicted molar refractivity (Wildman–Crippen MR) is 180 cm³/mol. The molecule has 2 aromatic carbocycles. The van der Waals surface area contributed by atoms with Crippen molar-refractivity contribution < 1.29 is 38.1 Å². The van der Waals surface area contributed by atoms with Gasteiger partial charge in [-0.3, -0.25) is 9.59 Å². The lowest BCUT2D eigenvalue weighted by atomic mass is 10.2. The first-order valence-electron chi connectivity index (χ1n) is 14.3. The van der Waals surface area contributed by atoms with Crippen LogP contribution < -0.4 is 20.1 Å². The summed E-state index contributed by atoms with van der Waals surface area (Å²) in [4.78, 5) is 55.9. The van der Waals surface area contributed by atoms with Gasteiger partial charge >= 0.3 is 11.9 Å². The molecule has 0 radical (unpaired) electrons. The smallest absolute Gasteiger partial charge is 0.343 e. The minimum Gasteiger partial charge on any atom is -0.480 e. The number of aromatic nitrogens is 6. The van der Waals surface area contributed by atoms with Crippen LogP contribution in [0.4, 0.5) is 11.4 Å². The molecule has 0 atom stereocenters. The molecule has 0 bridgehead atoms. The van der Waals surface area contributed by atoms with Crippen LogP contribution in [-0.4, -0.2) is 80.4 Å². The molecule has 50 heavy (non-hydrogen) atoms. The first kappa shape index (κ1) is 35.1. The van der Waals surface area contributed by atoms with Crippen molar-refractivity contribution in [1.82, 2.24) is 29.2 Å². The Morgan fingerprint density at radius 1 is 0.680 bits per heavy atom. The number of fused-ring (bicyclic) bond motifs is 2. The van der Waals surface area contributed by atoms with E-state index in [-0.39, 0.29) is 24.7 Å². The molecule has 0 aliphatic carbocycles. The number of carbonyl (C=O) groups is 4. The first-order valence-corrected chi connectivity index (χ1v) is 15.1. The molecule has 2 N–H and O–H groups in total. The summed E-state index contributed by atoms with van der Waals surface area (Å²) in [5.74, 6) is -1.38. The van der Waals surface area contributed by atoms with Crippen molar-refractivity contribution in [3.05, 3.63) is 107 Å². The summed E-state index contributed by atoms with van der Waals surface area (Å²) in [6.07, 6.45) is 9.33. The monoisotopic (exact) mass is 720 g/mol. The van der Waals surface area contributed by atoms with Gasteiger partial charge in [0, 0.05) is 34.8 Å². The Morgan fingerprint density at radius 3 is 1.50 bits per heavy atom. The van der Waals surface area contributed by atoms with E-state index in [2.05, 4.69) is 40.3 Å². The molecule has 16 nitrogen and oxygen atoms in total. The third kappa shape index (κ3) is 8.60. The lowest BCUT2D eigenvalue weighted by Gasteiger charge is -2.12. The summed E-state index contributed by atoms with van der Waals surface area (Å²) in [6.45, 7) is -0.585. The molecule has 0 aliphatic rings. The Kier molecular flexibility index (Phi) is 11.4. The summed E-state index contributed by atoms with van der Waals surface area (Å²) in [6, 6.07) is 12.7. The van der Waals surface area contributed by atoms with Gasteiger partial charge in [-0.25, -0.2) is 28.6 Å². The molecule has 4 aromatic heterocycles. The zero-order chi connectivity index (χ0) is 35.6. The maximum absolute atomic E-state index is 12.6. The number of hydrogen-bond acceptors (Lipinski definition) is 12. The van der Waals surface area contributed by atoms with Crippen molar-refractivity contribution in [2.75, 3.05) is 38.1 Å². The SMILES string of the molecule is COC(=O)COc1ccc(Cl)cc1NC(=O)c1cnn2cccnc12.COC(=O)COc1ccc(Cl)cc1NC(=O)c1cnn2cccnc12. The molecule has 6 rings (SSSR count). The lowest BCUT2D eigenvalue weighted by molar-refractivity contribution is -0.143. The zero-order valence-corrected chi connectivity index (χ0v) is 27.7. The largest absolute Gasteiger partial charge is 0.480 e. The van der Waals surface area contributed by atoms with Gasteiger partial charge in [-0.1, -0.05) is 23.2 Å². The van der Waals surface area contributed by atoms with Crippen LogP contribution in [0.25, 0.3) is 11.3 Å². The maximum atomic E-state index is 12.6. The normalized spacial score (nSPS) is 10.5. The fourth-order valence-corrected chi connectivity index (χ4v) is 4.54. The first-order chi connectivity index (χ1) is 24.2. The molecule has 0 spiro atoms. The quantitative estimate of drug-likeness (QED) is 0.190. The maximum Gasteiger partial charge on any atom is 0.343 e. The highest BCUT2D eigenvalue weighted by atomic mass is 35.5. The van der Waals surface area contributed by atoms with Gasteiger partial charge in [0.1, 0.15) is 22.6 Å². The van der Waals surface area contributed by atoms with Gasteiger partial charge in [0.15, 0.2) is 24.5 Å². The van der Waals surface area contributed by atoms with Gasteiger partial charge in [-0.05, 0) is 48.5 Å². The number of ether oxygens (including phenoxy) is 4. The molecule has 2 amide bonds. The summed E-state index contributed by atoms with van der Waals surface area (Å²) in [5.41, 5.74) is 2.05. The highest BCUT2D eigenvalue weighted by Crippen LogP contribution is 2.30. The van der Waals surface area contributed by atoms with Gasteiger partial charge in [0.25, 0.3) is 11.8 Å². The minimum atomic E-state index is -0.543. The van der Waals surface area contributed by atoms with E-state index in [0.717, 1.165) is 0 Å². The number of halogens is 2. The van der Waals surface area contributed by atoms with Gasteiger partial charge in [0.05, 0.1) is 38.0 Å². The van der Waals surface area contributed by atoms with Crippen molar-refractivity contribution in [2.45, 2.75) is 0 Å². The third-order valence-corrected chi connectivity index (χ3v) is 7.04. The van der Waals surface area contributed by atoms with Crippen LogP contribution in [0.3, 0.4) is 0 Å². The third-order valence-electron chi connectivity index (χ3n) is 6.57. The summed E-state index contributed by atoms with van der Waals surface area (Å²) >= 11 is 12.0. The Labute approximate surface area is 292 Å². The van der Waals surface area contributed by atoms with Gasteiger partial charge in [-0.15, -0.1) is 0 Å². The number of rotatable bonds is 10. The molecular formula is C32H26Cl2N8O8. The van der Waals surface area contributed by atoms with Gasteiger partial charge in [0.2, 0.25) is 0 Å². The number of methoxy groups -OCH3 is 2. The van der Waals surface area contributed by atoms with E-state index in [1.165, 1.54) is 47.8 Å². The zero-order valence-electron chi connectivity index (χ0n) is 26.2. The highest BCUT2D eigenvalue weighted by molar-refractivity contribution is 6.31. The van der Waals surface area contributed by atoms with E-state index in [1.54, 1.807) is 61.2 Å². The van der Waals surface area contributed by atoms with Gasteiger partial charge in [-0.2, -0.15) is 10.2 Å². The van der Waals surface area contributed by atoms with Crippen LogP contribution in [-0.2, 0) is 19.1 Å². The van der Waals surface area contributed by atoms with E-state index >= 15 is 0 Å². The van der Waals surface area contributed by atoms with Crippen LogP contribution in [0, 0.1) is 0 Å². The average Bonchev–Trinajstić information content (AvgIpc) is 3.76. The number of nitrogens with one attached hydrogen (secondary N) is 2. The van der Waals surface area contributed by atoms with E-state index in [4.69, 9.17) is 32.7 Å². The van der Waals surface area contributed by atoms with E-state index in [0.29, 0.717) is 43.8 Å². The van der Waals surface area contributed by atoms with Crippen molar-refractivity contribution >= 4 is 69.6 Å². The van der Waals surface area contributed by atoms with Crippen LogP contribution in [0.5, 0.6) is 11.5 Å². The number of esters is 2. The molecule has 18 heteroatoms. The summed E-state index contributed by atoms with van der Waals surface area (Å²) in [7, 11) is 2.52. The topological polar surface area (TPSA) is 190 Å². The second-order valence-corrected chi connectivity index (χ2v) is 10.7. The Balaban J connectivity index is 0.000000194. The summed E-state index contributed by atoms with van der Waals surface area (Å²) < 4.78 is 22.8. The second-order valence-electron chi connectivity index (χ2n) is 9.81. The predicted octanol–water partition coefficient (Wildman–Crippen LogP) is 4.37. The summed E-state index contributed by atoms with van der Waals surface area (Å²) in [5, 5.41) is 14.3. The van der Waals surface area contributed by atoms with E-state index in [1.807, 2.05) is 0 Å². The van der Waals surface area contributed by atoms with Crippen molar-refractivity contribution in [1.29, 1.82) is 0 Å². The number of amides is 2. The molecule has 0 aliphatic heterocycles. The molecule has 0 saturated heterocycles. The number of benzene rings is 2. The number of anilines is 2. The van der Waals surface area contributed by atoms with E-state index < -0.39 is 23.8 Å². The van der Waals surface area contributed by atoms with Crippen molar-refractivity contribution in [3.8, 4) is 11.5 Å². The van der Waals surface area contributed by atoms with Crippen LogP contribution >= 0.6 is 23.2 Å².